The molecular formula is C22H20N4O2S. The van der Waals surface area contributed by atoms with Crippen molar-refractivity contribution in [1.82, 2.24) is 20.1 Å². The number of nitrogens with zero attached hydrogens (tertiary/aromatic N) is 3. The maximum atomic E-state index is 12.8. The van der Waals surface area contributed by atoms with E-state index in [2.05, 4.69) is 15.4 Å². The summed E-state index contributed by atoms with van der Waals surface area (Å²) in [4.78, 5) is 18.3. The normalized spacial score (nSPS) is 10.7. The van der Waals surface area contributed by atoms with Crippen LogP contribution < -0.4 is 10.1 Å². The summed E-state index contributed by atoms with van der Waals surface area (Å²) in [6, 6.07) is 17.3. The summed E-state index contributed by atoms with van der Waals surface area (Å²) >= 11 is 1.63. The van der Waals surface area contributed by atoms with E-state index in [1.807, 2.05) is 53.9 Å². The second kappa shape index (κ2) is 8.28. The van der Waals surface area contributed by atoms with E-state index in [1.54, 1.807) is 42.4 Å². The predicted molar refractivity (Wildman–Crippen MR) is 114 cm³/mol. The van der Waals surface area contributed by atoms with Crippen LogP contribution in [0, 0.1) is 0 Å². The molecule has 1 N–H and O–H groups in total. The first kappa shape index (κ1) is 18.9. The number of amides is 1. The predicted octanol–water partition coefficient (Wildman–Crippen LogP) is 4.15. The van der Waals surface area contributed by atoms with Gasteiger partial charge in [0.15, 0.2) is 0 Å². The molecule has 0 aliphatic heterocycles. The minimum atomic E-state index is -0.185. The van der Waals surface area contributed by atoms with E-state index in [9.17, 15) is 4.79 Å². The number of benzene rings is 1. The van der Waals surface area contributed by atoms with Gasteiger partial charge in [0.25, 0.3) is 5.91 Å². The van der Waals surface area contributed by atoms with Gasteiger partial charge >= 0.3 is 0 Å². The number of carbonyl (C=O) groups excluding carboxylic acids is 1. The third-order valence-corrected chi connectivity index (χ3v) is 5.44. The number of aryl methyl sites for hydroxylation is 1. The Morgan fingerprint density at radius 2 is 2.07 bits per heavy atom. The molecule has 0 aliphatic carbocycles. The average molecular weight is 404 g/mol. The molecule has 3 heterocycles. The Labute approximate surface area is 172 Å². The third kappa shape index (κ3) is 4.05. The number of methoxy groups -OCH3 is 1. The van der Waals surface area contributed by atoms with Crippen molar-refractivity contribution < 1.29 is 9.53 Å². The molecule has 6 nitrogen and oxygen atoms in total. The van der Waals surface area contributed by atoms with Crippen LogP contribution in [0.15, 0.2) is 66.2 Å². The maximum Gasteiger partial charge on any atom is 0.269 e. The van der Waals surface area contributed by atoms with Crippen molar-refractivity contribution in [1.29, 1.82) is 0 Å². The fourth-order valence-corrected chi connectivity index (χ4v) is 3.84. The Bertz CT molecular complexity index is 1140. The molecule has 146 valence electrons. The van der Waals surface area contributed by atoms with Gasteiger partial charge in [0.2, 0.25) is 0 Å². The highest BCUT2D eigenvalue weighted by Crippen LogP contribution is 2.26. The fourth-order valence-electron chi connectivity index (χ4n) is 3.09. The van der Waals surface area contributed by atoms with Crippen molar-refractivity contribution in [2.75, 3.05) is 7.11 Å². The topological polar surface area (TPSA) is 69.0 Å². The van der Waals surface area contributed by atoms with Crippen LogP contribution in [-0.4, -0.2) is 27.8 Å². The van der Waals surface area contributed by atoms with Crippen LogP contribution in [0.3, 0.4) is 0 Å². The third-order valence-electron chi connectivity index (χ3n) is 4.56. The van der Waals surface area contributed by atoms with E-state index in [0.29, 0.717) is 12.2 Å². The number of hydrogen-bond donors (Lipinski definition) is 1. The zero-order valence-corrected chi connectivity index (χ0v) is 16.9. The Morgan fingerprint density at radius 1 is 1.17 bits per heavy atom. The molecule has 3 aromatic heterocycles. The van der Waals surface area contributed by atoms with Crippen molar-refractivity contribution >= 4 is 17.2 Å². The molecule has 0 bridgehead atoms. The molecule has 0 unspecified atom stereocenters. The average Bonchev–Trinajstić information content (AvgIpc) is 3.42. The number of rotatable bonds is 6. The van der Waals surface area contributed by atoms with Crippen molar-refractivity contribution in [2.24, 2.45) is 7.05 Å². The molecule has 0 aliphatic rings. The molecule has 0 radical (unpaired) electrons. The van der Waals surface area contributed by atoms with Crippen LogP contribution in [0.25, 0.3) is 21.8 Å². The Hall–Kier alpha value is -3.45. The van der Waals surface area contributed by atoms with Gasteiger partial charge in [0, 0.05) is 25.4 Å². The van der Waals surface area contributed by atoms with Gasteiger partial charge in [-0.15, -0.1) is 11.3 Å². The van der Waals surface area contributed by atoms with E-state index < -0.39 is 0 Å². The SMILES string of the molecule is COc1cccc(-c2cc(C(=O)NCc3cccnc3-c3cccs3)n(C)n2)c1. The number of carbonyl (C=O) groups is 1. The van der Waals surface area contributed by atoms with Crippen LogP contribution in [0.1, 0.15) is 16.1 Å². The molecule has 0 fully saturated rings. The first-order valence-electron chi connectivity index (χ1n) is 9.10. The summed E-state index contributed by atoms with van der Waals surface area (Å²) in [5, 5.41) is 9.48. The molecule has 1 aromatic carbocycles. The van der Waals surface area contributed by atoms with Crippen LogP contribution >= 0.6 is 11.3 Å². The lowest BCUT2D eigenvalue weighted by Crippen LogP contribution is -2.25. The Morgan fingerprint density at radius 3 is 2.86 bits per heavy atom. The standard InChI is InChI=1S/C22H20N4O2S/c1-26-19(13-18(25-26)15-6-3-8-17(12-15)28-2)22(27)24-14-16-7-4-10-23-21(16)20-9-5-11-29-20/h3-13H,14H2,1-2H3,(H,24,27). The Kier molecular flexibility index (Phi) is 5.39. The number of nitrogens with one attached hydrogen (secondary N) is 1. The van der Waals surface area contributed by atoms with Gasteiger partial charge in [-0.05, 0) is 41.3 Å². The van der Waals surface area contributed by atoms with Crippen LogP contribution in [0.2, 0.25) is 0 Å². The van der Waals surface area contributed by atoms with E-state index in [1.165, 1.54) is 0 Å². The van der Waals surface area contributed by atoms with Gasteiger partial charge in [-0.3, -0.25) is 14.5 Å². The first-order valence-corrected chi connectivity index (χ1v) is 9.98. The zero-order valence-electron chi connectivity index (χ0n) is 16.1. The molecule has 7 heteroatoms. The summed E-state index contributed by atoms with van der Waals surface area (Å²) in [5.41, 5.74) is 3.97. The minimum absolute atomic E-state index is 0.185. The number of ether oxygens (including phenoxy) is 1. The molecule has 4 rings (SSSR count). The zero-order chi connectivity index (χ0) is 20.2. The van der Waals surface area contributed by atoms with Crippen LogP contribution in [0.4, 0.5) is 0 Å². The second-order valence-corrected chi connectivity index (χ2v) is 7.39. The van der Waals surface area contributed by atoms with Crippen molar-refractivity contribution in [3.8, 4) is 27.6 Å². The molecule has 4 aromatic rings. The van der Waals surface area contributed by atoms with Gasteiger partial charge in [-0.2, -0.15) is 5.10 Å². The molecule has 0 saturated heterocycles. The Balaban J connectivity index is 1.52. The quantitative estimate of drug-likeness (QED) is 0.524. The lowest BCUT2D eigenvalue weighted by atomic mass is 10.1. The minimum Gasteiger partial charge on any atom is -0.497 e. The van der Waals surface area contributed by atoms with Crippen molar-refractivity contribution in [2.45, 2.75) is 6.54 Å². The molecule has 0 atom stereocenters. The largest absolute Gasteiger partial charge is 0.497 e. The highest BCUT2D eigenvalue weighted by molar-refractivity contribution is 7.13. The molecular weight excluding hydrogens is 384 g/mol. The van der Waals surface area contributed by atoms with Gasteiger partial charge in [0.05, 0.1) is 23.4 Å². The summed E-state index contributed by atoms with van der Waals surface area (Å²) in [5.74, 6) is 0.562. The lowest BCUT2D eigenvalue weighted by molar-refractivity contribution is 0.0941. The second-order valence-electron chi connectivity index (χ2n) is 6.44. The summed E-state index contributed by atoms with van der Waals surface area (Å²) in [7, 11) is 3.39. The fraction of sp³-hybridized carbons (Fsp3) is 0.136. The highest BCUT2D eigenvalue weighted by atomic mass is 32.1. The smallest absolute Gasteiger partial charge is 0.269 e. The number of thiophene rings is 1. The first-order chi connectivity index (χ1) is 14.2. The summed E-state index contributed by atoms with van der Waals surface area (Å²) in [6.07, 6.45) is 1.77. The van der Waals surface area contributed by atoms with E-state index in [0.717, 1.165) is 33.1 Å². The number of hydrogen-bond acceptors (Lipinski definition) is 5. The summed E-state index contributed by atoms with van der Waals surface area (Å²) < 4.78 is 6.86. The monoisotopic (exact) mass is 404 g/mol. The van der Waals surface area contributed by atoms with Gasteiger partial charge in [0.1, 0.15) is 11.4 Å². The maximum absolute atomic E-state index is 12.8. The lowest BCUT2D eigenvalue weighted by Gasteiger charge is -2.08. The number of pyridine rings is 1. The van der Waals surface area contributed by atoms with Crippen LogP contribution in [-0.2, 0) is 13.6 Å². The molecule has 29 heavy (non-hydrogen) atoms. The van der Waals surface area contributed by atoms with E-state index in [-0.39, 0.29) is 5.91 Å². The molecule has 0 spiro atoms. The van der Waals surface area contributed by atoms with E-state index >= 15 is 0 Å². The van der Waals surface area contributed by atoms with E-state index in [4.69, 9.17) is 4.74 Å². The van der Waals surface area contributed by atoms with Gasteiger partial charge < -0.3 is 10.1 Å². The molecule has 0 saturated carbocycles. The van der Waals surface area contributed by atoms with Crippen molar-refractivity contribution in [3.05, 3.63) is 77.4 Å². The van der Waals surface area contributed by atoms with Crippen molar-refractivity contribution in [3.63, 3.8) is 0 Å². The molecule has 1 amide bonds. The van der Waals surface area contributed by atoms with Crippen LogP contribution in [0.5, 0.6) is 5.75 Å². The highest BCUT2D eigenvalue weighted by Gasteiger charge is 2.16. The van der Waals surface area contributed by atoms with Gasteiger partial charge in [-0.1, -0.05) is 24.3 Å². The van der Waals surface area contributed by atoms with Gasteiger partial charge in [-0.25, -0.2) is 0 Å². The number of aromatic nitrogens is 3. The summed E-state index contributed by atoms with van der Waals surface area (Å²) in [6.45, 7) is 0.388.